The molecule has 0 saturated carbocycles. The van der Waals surface area contributed by atoms with Crippen molar-refractivity contribution >= 4 is 23.2 Å². The van der Waals surface area contributed by atoms with Gasteiger partial charge in [-0.05, 0) is 61.7 Å². The van der Waals surface area contributed by atoms with E-state index in [-0.39, 0.29) is 11.9 Å². The highest BCUT2D eigenvalue weighted by Crippen LogP contribution is 2.14. The zero-order valence-electron chi connectivity index (χ0n) is 12.2. The highest BCUT2D eigenvalue weighted by Gasteiger charge is 2.11. The summed E-state index contributed by atoms with van der Waals surface area (Å²) < 4.78 is 0. The largest absolute Gasteiger partial charge is 0.399 e. The number of benzene rings is 2. The van der Waals surface area contributed by atoms with Gasteiger partial charge in [0.15, 0.2) is 0 Å². The van der Waals surface area contributed by atoms with E-state index in [1.807, 2.05) is 38.1 Å². The number of carbonyl (C=O) groups is 1. The van der Waals surface area contributed by atoms with Crippen LogP contribution >= 0.6 is 11.6 Å². The number of nitrogens with two attached hydrogens (primary N) is 1. The Hall–Kier alpha value is -2.00. The molecule has 3 nitrogen and oxygen atoms in total. The van der Waals surface area contributed by atoms with Crippen molar-refractivity contribution in [3.05, 3.63) is 64.2 Å². The molecular formula is C17H19ClN2O. The molecule has 0 aromatic heterocycles. The van der Waals surface area contributed by atoms with Crippen LogP contribution in [-0.2, 0) is 6.42 Å². The molecule has 0 aliphatic heterocycles. The van der Waals surface area contributed by atoms with Gasteiger partial charge >= 0.3 is 0 Å². The molecule has 3 N–H and O–H groups in total. The van der Waals surface area contributed by atoms with Crippen molar-refractivity contribution in [2.45, 2.75) is 26.3 Å². The van der Waals surface area contributed by atoms with Gasteiger partial charge in [-0.25, -0.2) is 0 Å². The summed E-state index contributed by atoms with van der Waals surface area (Å²) in [6.07, 6.45) is 0.736. The molecule has 2 aromatic rings. The summed E-state index contributed by atoms with van der Waals surface area (Å²) in [4.78, 5) is 12.2. The second-order valence-electron chi connectivity index (χ2n) is 5.28. The molecular weight excluding hydrogens is 284 g/mol. The molecule has 0 saturated heterocycles. The fourth-order valence-electron chi connectivity index (χ4n) is 2.19. The number of amides is 1. The molecule has 1 unspecified atom stereocenters. The van der Waals surface area contributed by atoms with Crippen molar-refractivity contribution in [3.63, 3.8) is 0 Å². The normalized spacial score (nSPS) is 12.0. The fraction of sp³-hybridized carbons (Fsp3) is 0.235. The van der Waals surface area contributed by atoms with E-state index in [4.69, 9.17) is 17.3 Å². The average Bonchev–Trinajstić information content (AvgIpc) is 2.41. The molecule has 1 amide bonds. The lowest BCUT2D eigenvalue weighted by Crippen LogP contribution is -2.34. The van der Waals surface area contributed by atoms with E-state index < -0.39 is 0 Å². The summed E-state index contributed by atoms with van der Waals surface area (Å²) in [5, 5.41) is 3.70. The maximum absolute atomic E-state index is 12.2. The molecule has 4 heteroatoms. The summed E-state index contributed by atoms with van der Waals surface area (Å²) in [5.41, 5.74) is 9.09. The maximum atomic E-state index is 12.2. The highest BCUT2D eigenvalue weighted by atomic mass is 35.5. The Morgan fingerprint density at radius 1 is 1.29 bits per heavy atom. The first-order valence-electron chi connectivity index (χ1n) is 6.87. The number of nitrogen functional groups attached to an aromatic ring is 1. The van der Waals surface area contributed by atoms with Crippen LogP contribution in [0, 0.1) is 6.92 Å². The van der Waals surface area contributed by atoms with Crippen LogP contribution in [0.3, 0.4) is 0 Å². The molecule has 110 valence electrons. The molecule has 0 spiro atoms. The summed E-state index contributed by atoms with van der Waals surface area (Å²) >= 11 is 5.96. The van der Waals surface area contributed by atoms with Crippen LogP contribution in [0.1, 0.15) is 28.4 Å². The van der Waals surface area contributed by atoms with Crippen molar-refractivity contribution in [1.82, 2.24) is 5.32 Å². The number of hydrogen-bond acceptors (Lipinski definition) is 2. The monoisotopic (exact) mass is 302 g/mol. The number of hydrogen-bond donors (Lipinski definition) is 2. The minimum absolute atomic E-state index is 0.0221. The maximum Gasteiger partial charge on any atom is 0.251 e. The predicted octanol–water partition coefficient (Wildman–Crippen LogP) is 3.59. The number of halogens is 1. The van der Waals surface area contributed by atoms with Crippen molar-refractivity contribution in [2.75, 3.05) is 5.73 Å². The second kappa shape index (κ2) is 6.64. The number of carbonyl (C=O) groups excluding carboxylic acids is 1. The van der Waals surface area contributed by atoms with Gasteiger partial charge in [0, 0.05) is 22.3 Å². The van der Waals surface area contributed by atoms with Crippen molar-refractivity contribution in [3.8, 4) is 0 Å². The molecule has 21 heavy (non-hydrogen) atoms. The second-order valence-corrected chi connectivity index (χ2v) is 5.72. The van der Waals surface area contributed by atoms with Gasteiger partial charge < -0.3 is 11.1 Å². The Morgan fingerprint density at radius 3 is 2.71 bits per heavy atom. The van der Waals surface area contributed by atoms with Gasteiger partial charge in [-0.2, -0.15) is 0 Å². The Morgan fingerprint density at radius 2 is 2.05 bits per heavy atom. The quantitative estimate of drug-likeness (QED) is 0.848. The van der Waals surface area contributed by atoms with Crippen molar-refractivity contribution in [2.24, 2.45) is 0 Å². The lowest BCUT2D eigenvalue weighted by molar-refractivity contribution is 0.0940. The molecule has 0 aliphatic rings. The van der Waals surface area contributed by atoms with E-state index in [1.165, 1.54) is 0 Å². The third-order valence-corrected chi connectivity index (χ3v) is 3.58. The Kier molecular flexibility index (Phi) is 4.86. The van der Waals surface area contributed by atoms with E-state index >= 15 is 0 Å². The smallest absolute Gasteiger partial charge is 0.251 e. The van der Waals surface area contributed by atoms with Gasteiger partial charge in [0.05, 0.1) is 0 Å². The summed E-state index contributed by atoms with van der Waals surface area (Å²) in [6, 6.07) is 13.0. The molecule has 0 bridgehead atoms. The van der Waals surface area contributed by atoms with E-state index in [0.717, 1.165) is 17.5 Å². The van der Waals surface area contributed by atoms with Crippen LogP contribution < -0.4 is 11.1 Å². The Labute approximate surface area is 130 Å². The zero-order chi connectivity index (χ0) is 15.4. The predicted molar refractivity (Wildman–Crippen MR) is 87.7 cm³/mol. The minimum Gasteiger partial charge on any atom is -0.399 e. The molecule has 2 aromatic carbocycles. The zero-order valence-corrected chi connectivity index (χ0v) is 12.9. The Balaban J connectivity index is 2.00. The highest BCUT2D eigenvalue weighted by molar-refractivity contribution is 6.30. The SMILES string of the molecule is Cc1cc(C(=O)NC(C)Cc2cccc(Cl)c2)ccc1N. The lowest BCUT2D eigenvalue weighted by atomic mass is 10.1. The fourth-order valence-corrected chi connectivity index (χ4v) is 2.41. The van der Waals surface area contributed by atoms with Crippen LogP contribution in [-0.4, -0.2) is 11.9 Å². The van der Waals surface area contributed by atoms with Crippen LogP contribution in [0.15, 0.2) is 42.5 Å². The average molecular weight is 303 g/mol. The van der Waals surface area contributed by atoms with Crippen LogP contribution in [0.2, 0.25) is 5.02 Å². The van der Waals surface area contributed by atoms with Crippen molar-refractivity contribution in [1.29, 1.82) is 0 Å². The van der Waals surface area contributed by atoms with E-state index in [9.17, 15) is 4.79 Å². The van der Waals surface area contributed by atoms with Crippen molar-refractivity contribution < 1.29 is 4.79 Å². The first-order chi connectivity index (χ1) is 9.95. The molecule has 0 heterocycles. The first-order valence-corrected chi connectivity index (χ1v) is 7.25. The number of nitrogens with one attached hydrogen (secondary N) is 1. The molecule has 0 radical (unpaired) electrons. The van der Waals surface area contributed by atoms with Gasteiger partial charge in [-0.15, -0.1) is 0 Å². The van der Waals surface area contributed by atoms with Gasteiger partial charge in [0.2, 0.25) is 0 Å². The minimum atomic E-state index is -0.0902. The van der Waals surface area contributed by atoms with Crippen LogP contribution in [0.4, 0.5) is 5.69 Å². The molecule has 0 aliphatic carbocycles. The van der Waals surface area contributed by atoms with Crippen LogP contribution in [0.5, 0.6) is 0 Å². The number of rotatable bonds is 4. The number of aryl methyl sites for hydroxylation is 1. The van der Waals surface area contributed by atoms with Gasteiger partial charge in [0.1, 0.15) is 0 Å². The lowest BCUT2D eigenvalue weighted by Gasteiger charge is -2.14. The number of anilines is 1. The molecule has 2 rings (SSSR count). The van der Waals surface area contributed by atoms with Gasteiger partial charge in [-0.3, -0.25) is 4.79 Å². The molecule has 0 fully saturated rings. The van der Waals surface area contributed by atoms with Gasteiger partial charge in [0.25, 0.3) is 5.91 Å². The van der Waals surface area contributed by atoms with Gasteiger partial charge in [-0.1, -0.05) is 23.7 Å². The van der Waals surface area contributed by atoms with Crippen LogP contribution in [0.25, 0.3) is 0 Å². The first kappa shape index (κ1) is 15.4. The third-order valence-electron chi connectivity index (χ3n) is 3.34. The van der Waals surface area contributed by atoms with E-state index in [1.54, 1.807) is 18.2 Å². The third kappa shape index (κ3) is 4.23. The Bertz CT molecular complexity index is 655. The topological polar surface area (TPSA) is 55.1 Å². The standard InChI is InChI=1S/C17H19ClN2O/c1-11-8-14(6-7-16(11)19)17(21)20-12(2)9-13-4-3-5-15(18)10-13/h3-8,10,12H,9,19H2,1-2H3,(H,20,21). The summed E-state index contributed by atoms with van der Waals surface area (Å²) in [5.74, 6) is -0.0902. The summed E-state index contributed by atoms with van der Waals surface area (Å²) in [6.45, 7) is 3.87. The van der Waals surface area contributed by atoms with E-state index in [2.05, 4.69) is 5.32 Å². The summed E-state index contributed by atoms with van der Waals surface area (Å²) in [7, 11) is 0. The molecule has 1 atom stereocenters. The van der Waals surface area contributed by atoms with E-state index in [0.29, 0.717) is 16.3 Å².